The molecule has 6 nitrogen and oxygen atoms in total. The largest absolute Gasteiger partial charge is 0.462 e. The van der Waals surface area contributed by atoms with Crippen LogP contribution in [0.1, 0.15) is 291 Å². The number of rotatable bonds is 47. The number of unbranched alkanes of at least 4 members (excludes halogenated alkanes) is 33. The van der Waals surface area contributed by atoms with Gasteiger partial charge in [0.2, 0.25) is 0 Å². The molecule has 0 amide bonds. The van der Waals surface area contributed by atoms with Crippen LogP contribution >= 0.6 is 0 Å². The van der Waals surface area contributed by atoms with E-state index in [1.54, 1.807) is 0 Å². The molecule has 344 valence electrons. The van der Waals surface area contributed by atoms with E-state index in [2.05, 4.69) is 27.7 Å². The summed E-state index contributed by atoms with van der Waals surface area (Å²) < 4.78 is 16.8. The lowest BCUT2D eigenvalue weighted by Gasteiger charge is -2.18. The molecule has 0 spiro atoms. The van der Waals surface area contributed by atoms with E-state index in [0.717, 1.165) is 63.7 Å². The Hall–Kier alpha value is -1.59. The molecule has 0 aliphatic rings. The summed E-state index contributed by atoms with van der Waals surface area (Å²) in [6, 6.07) is 0. The lowest BCUT2D eigenvalue weighted by atomic mass is 9.99. The van der Waals surface area contributed by atoms with Crippen molar-refractivity contribution >= 4 is 17.9 Å². The van der Waals surface area contributed by atoms with Crippen LogP contribution < -0.4 is 0 Å². The predicted molar refractivity (Wildman–Crippen MR) is 247 cm³/mol. The Morgan fingerprint density at radius 3 is 0.897 bits per heavy atom. The Bertz CT molecular complexity index is 874. The highest BCUT2D eigenvalue weighted by Gasteiger charge is 2.19. The van der Waals surface area contributed by atoms with E-state index in [1.807, 2.05) is 0 Å². The van der Waals surface area contributed by atoms with Gasteiger partial charge in [0.1, 0.15) is 13.2 Å². The van der Waals surface area contributed by atoms with Crippen molar-refractivity contribution in [3.8, 4) is 0 Å². The number of hydrogen-bond acceptors (Lipinski definition) is 6. The average Bonchev–Trinajstić information content (AvgIpc) is 3.22. The first kappa shape index (κ1) is 56.4. The normalized spacial score (nSPS) is 12.4. The predicted octanol–water partition coefficient (Wildman–Crippen LogP) is 16.7. The van der Waals surface area contributed by atoms with Crippen molar-refractivity contribution in [2.45, 2.75) is 297 Å². The summed E-state index contributed by atoms with van der Waals surface area (Å²) >= 11 is 0. The number of hydrogen-bond donors (Lipinski definition) is 0. The highest BCUT2D eigenvalue weighted by atomic mass is 16.6. The quantitative estimate of drug-likeness (QED) is 0.0346. The fourth-order valence-electron chi connectivity index (χ4n) is 7.83. The van der Waals surface area contributed by atoms with Gasteiger partial charge in [-0.05, 0) is 25.2 Å². The van der Waals surface area contributed by atoms with E-state index in [0.29, 0.717) is 19.3 Å². The van der Waals surface area contributed by atoms with Gasteiger partial charge in [0, 0.05) is 19.3 Å². The molecule has 0 heterocycles. The van der Waals surface area contributed by atoms with Crippen LogP contribution in [0.2, 0.25) is 0 Å². The molecule has 0 aliphatic carbocycles. The van der Waals surface area contributed by atoms with Crippen LogP contribution in [0.15, 0.2) is 0 Å². The van der Waals surface area contributed by atoms with Crippen molar-refractivity contribution in [2.24, 2.45) is 5.92 Å². The minimum Gasteiger partial charge on any atom is -0.462 e. The molecule has 0 saturated carbocycles. The molecular formula is C52H100O6. The molecule has 0 aromatic rings. The van der Waals surface area contributed by atoms with E-state index >= 15 is 0 Å². The van der Waals surface area contributed by atoms with Gasteiger partial charge in [0.05, 0.1) is 0 Å². The van der Waals surface area contributed by atoms with Crippen molar-refractivity contribution in [2.75, 3.05) is 13.2 Å². The van der Waals surface area contributed by atoms with Gasteiger partial charge in [-0.2, -0.15) is 0 Å². The van der Waals surface area contributed by atoms with E-state index < -0.39 is 6.10 Å². The zero-order valence-electron chi connectivity index (χ0n) is 39.5. The Labute approximate surface area is 361 Å². The van der Waals surface area contributed by atoms with Crippen LogP contribution in [0.5, 0.6) is 0 Å². The van der Waals surface area contributed by atoms with Crippen LogP contribution in [0.3, 0.4) is 0 Å². The molecule has 58 heavy (non-hydrogen) atoms. The van der Waals surface area contributed by atoms with Crippen LogP contribution in [0.25, 0.3) is 0 Å². The van der Waals surface area contributed by atoms with E-state index in [4.69, 9.17) is 14.2 Å². The summed E-state index contributed by atoms with van der Waals surface area (Å²) in [5.74, 6) is 0.0487. The van der Waals surface area contributed by atoms with Crippen LogP contribution in [0.4, 0.5) is 0 Å². The third-order valence-corrected chi connectivity index (χ3v) is 12.2. The SMILES string of the molecule is CCCCCCCCCCCCCCC(=O)OC[C@H](COC(=O)CCCCCCCCCCCC)OC(=O)CCCCCCCCCCCCCCCCC(C)CC. The molecule has 0 aromatic carbocycles. The van der Waals surface area contributed by atoms with Gasteiger partial charge in [-0.25, -0.2) is 0 Å². The summed E-state index contributed by atoms with van der Waals surface area (Å²) in [5.41, 5.74) is 0. The summed E-state index contributed by atoms with van der Waals surface area (Å²) in [6.45, 7) is 9.05. The summed E-state index contributed by atoms with van der Waals surface area (Å²) in [7, 11) is 0. The molecule has 0 bridgehead atoms. The molecule has 0 N–H and O–H groups in total. The van der Waals surface area contributed by atoms with Crippen molar-refractivity contribution in [1.29, 1.82) is 0 Å². The molecule has 2 atom stereocenters. The molecule has 1 unspecified atom stereocenters. The van der Waals surface area contributed by atoms with Crippen LogP contribution in [0, 0.1) is 5.92 Å². The lowest BCUT2D eigenvalue weighted by molar-refractivity contribution is -0.167. The molecule has 0 aliphatic heterocycles. The first-order valence-electron chi connectivity index (χ1n) is 25.9. The first-order chi connectivity index (χ1) is 28.4. The summed E-state index contributed by atoms with van der Waals surface area (Å²) in [5, 5.41) is 0. The smallest absolute Gasteiger partial charge is 0.306 e. The molecule has 0 radical (unpaired) electrons. The zero-order valence-corrected chi connectivity index (χ0v) is 39.5. The first-order valence-corrected chi connectivity index (χ1v) is 25.9. The van der Waals surface area contributed by atoms with Crippen molar-refractivity contribution in [3.05, 3.63) is 0 Å². The zero-order chi connectivity index (χ0) is 42.4. The molecular weight excluding hydrogens is 721 g/mol. The highest BCUT2D eigenvalue weighted by Crippen LogP contribution is 2.18. The summed E-state index contributed by atoms with van der Waals surface area (Å²) in [4.78, 5) is 37.9. The minimum absolute atomic E-state index is 0.0627. The molecule has 0 rings (SSSR count). The number of carbonyl (C=O) groups is 3. The fraction of sp³-hybridized carbons (Fsp3) is 0.942. The molecule has 0 saturated heterocycles. The third-order valence-electron chi connectivity index (χ3n) is 12.2. The van der Waals surface area contributed by atoms with E-state index in [9.17, 15) is 14.4 Å². The van der Waals surface area contributed by atoms with Gasteiger partial charge in [-0.15, -0.1) is 0 Å². The van der Waals surface area contributed by atoms with Gasteiger partial charge in [0.25, 0.3) is 0 Å². The molecule has 0 aromatic heterocycles. The summed E-state index contributed by atoms with van der Waals surface area (Å²) in [6.07, 6.45) is 47.9. The number of esters is 3. The fourth-order valence-corrected chi connectivity index (χ4v) is 7.83. The Morgan fingerprint density at radius 2 is 0.603 bits per heavy atom. The van der Waals surface area contributed by atoms with Crippen molar-refractivity contribution in [1.82, 2.24) is 0 Å². The maximum atomic E-state index is 12.8. The molecule has 6 heteroatoms. The number of ether oxygens (including phenoxy) is 3. The second-order valence-electron chi connectivity index (χ2n) is 18.1. The molecule has 0 fully saturated rings. The third kappa shape index (κ3) is 44.0. The Balaban J connectivity index is 4.27. The minimum atomic E-state index is -0.760. The Kier molecular flexibility index (Phi) is 45.2. The maximum Gasteiger partial charge on any atom is 0.306 e. The highest BCUT2D eigenvalue weighted by molar-refractivity contribution is 5.71. The maximum absolute atomic E-state index is 12.8. The average molecular weight is 821 g/mol. The van der Waals surface area contributed by atoms with Gasteiger partial charge in [-0.1, -0.05) is 252 Å². The van der Waals surface area contributed by atoms with Crippen molar-refractivity contribution in [3.63, 3.8) is 0 Å². The van der Waals surface area contributed by atoms with Gasteiger partial charge in [-0.3, -0.25) is 14.4 Å². The van der Waals surface area contributed by atoms with Crippen LogP contribution in [-0.4, -0.2) is 37.2 Å². The van der Waals surface area contributed by atoms with E-state index in [1.165, 1.54) is 186 Å². The second kappa shape index (κ2) is 46.5. The van der Waals surface area contributed by atoms with Gasteiger partial charge in [0.15, 0.2) is 6.10 Å². The van der Waals surface area contributed by atoms with Crippen molar-refractivity contribution < 1.29 is 28.6 Å². The van der Waals surface area contributed by atoms with Crippen LogP contribution in [-0.2, 0) is 28.6 Å². The Morgan fingerprint density at radius 1 is 0.345 bits per heavy atom. The lowest BCUT2D eigenvalue weighted by Crippen LogP contribution is -2.30. The van der Waals surface area contributed by atoms with Gasteiger partial charge < -0.3 is 14.2 Å². The van der Waals surface area contributed by atoms with E-state index in [-0.39, 0.29) is 31.1 Å². The number of carbonyl (C=O) groups excluding carboxylic acids is 3. The topological polar surface area (TPSA) is 78.9 Å². The monoisotopic (exact) mass is 821 g/mol. The second-order valence-corrected chi connectivity index (χ2v) is 18.1. The van der Waals surface area contributed by atoms with Gasteiger partial charge >= 0.3 is 17.9 Å². The standard InChI is InChI=1S/C52H100O6/c1-5-8-10-12-14-16-18-24-28-32-36-40-44-51(54)57-47-49(46-56-50(53)43-39-35-31-27-17-15-13-11-9-6-2)58-52(55)45-41-37-33-29-25-22-20-19-21-23-26-30-34-38-42-48(4)7-3/h48-49H,5-47H2,1-4H3/t48?,49-/m0/s1.